The number of halogens is 1. The third kappa shape index (κ3) is 3.06. The first-order valence-electron chi connectivity index (χ1n) is 5.07. The molecule has 0 fully saturated rings. The molecule has 0 heterocycles. The lowest BCUT2D eigenvalue weighted by Crippen LogP contribution is -2.16. The number of aliphatic hydroxyl groups is 1. The molecule has 0 bridgehead atoms. The van der Waals surface area contributed by atoms with E-state index >= 15 is 0 Å². The average molecular weight is 242 g/mol. The Hall–Kier alpha value is -0.870. The zero-order valence-electron chi connectivity index (χ0n) is 9.53. The van der Waals surface area contributed by atoms with E-state index in [2.05, 4.69) is 0 Å². The van der Waals surface area contributed by atoms with E-state index in [9.17, 15) is 14.3 Å². The normalized spacial score (nSPS) is 14.6. The summed E-state index contributed by atoms with van der Waals surface area (Å²) in [5.41, 5.74) is 0.373. The highest BCUT2D eigenvalue weighted by Crippen LogP contribution is 2.31. The Bertz CT molecular complexity index is 391. The Morgan fingerprint density at radius 1 is 1.44 bits per heavy atom. The third-order valence-corrected chi connectivity index (χ3v) is 3.75. The van der Waals surface area contributed by atoms with Gasteiger partial charge in [-0.3, -0.25) is 4.79 Å². The minimum atomic E-state index is -0.551. The van der Waals surface area contributed by atoms with Crippen LogP contribution in [-0.2, 0) is 0 Å². The first kappa shape index (κ1) is 13.2. The van der Waals surface area contributed by atoms with Crippen LogP contribution >= 0.6 is 11.8 Å². The topological polar surface area (TPSA) is 37.3 Å². The fourth-order valence-corrected chi connectivity index (χ4v) is 2.28. The number of hydrogen-bond donors (Lipinski definition) is 1. The smallest absolute Gasteiger partial charge is 0.161 e. The van der Waals surface area contributed by atoms with Crippen molar-refractivity contribution in [3.63, 3.8) is 0 Å². The molecule has 0 spiro atoms. The highest BCUT2D eigenvalue weighted by molar-refractivity contribution is 8.00. The number of carbonyl (C=O) groups excluding carboxylic acids is 1. The Morgan fingerprint density at radius 2 is 2.06 bits per heavy atom. The van der Waals surface area contributed by atoms with E-state index in [1.807, 2.05) is 0 Å². The second-order valence-electron chi connectivity index (χ2n) is 3.74. The lowest BCUT2D eigenvalue weighted by atomic mass is 10.1. The molecule has 1 rings (SSSR count). The van der Waals surface area contributed by atoms with E-state index in [1.54, 1.807) is 19.9 Å². The SMILES string of the molecule is CC(=O)c1cccc(F)c1SC(C)C(C)O. The molecular weight excluding hydrogens is 227 g/mol. The minimum absolute atomic E-state index is 0.157. The molecule has 2 atom stereocenters. The van der Waals surface area contributed by atoms with Gasteiger partial charge in [-0.25, -0.2) is 4.39 Å². The fourth-order valence-electron chi connectivity index (χ4n) is 1.19. The number of carbonyl (C=O) groups is 1. The third-order valence-electron chi connectivity index (χ3n) is 2.33. The van der Waals surface area contributed by atoms with Crippen molar-refractivity contribution in [3.8, 4) is 0 Å². The number of ketones is 1. The largest absolute Gasteiger partial charge is 0.392 e. The summed E-state index contributed by atoms with van der Waals surface area (Å²) in [6, 6.07) is 4.44. The van der Waals surface area contributed by atoms with Crippen molar-refractivity contribution in [3.05, 3.63) is 29.6 Å². The molecule has 0 aromatic heterocycles. The number of hydrogen-bond acceptors (Lipinski definition) is 3. The Labute approximate surface area is 98.9 Å². The quantitative estimate of drug-likeness (QED) is 0.651. The van der Waals surface area contributed by atoms with Crippen LogP contribution in [0.15, 0.2) is 23.1 Å². The average Bonchev–Trinajstić information content (AvgIpc) is 2.20. The van der Waals surface area contributed by atoms with E-state index in [0.29, 0.717) is 10.5 Å². The van der Waals surface area contributed by atoms with Gasteiger partial charge in [0.05, 0.1) is 11.0 Å². The standard InChI is InChI=1S/C12H15FO2S/c1-7(14)9(3)16-12-10(8(2)15)5-4-6-11(12)13/h4-7,9,14H,1-3H3. The van der Waals surface area contributed by atoms with Crippen LogP contribution in [0.2, 0.25) is 0 Å². The zero-order chi connectivity index (χ0) is 12.3. The van der Waals surface area contributed by atoms with Crippen LogP contribution in [0.5, 0.6) is 0 Å². The maximum absolute atomic E-state index is 13.6. The van der Waals surface area contributed by atoms with Gasteiger partial charge < -0.3 is 5.11 Å². The molecule has 1 N–H and O–H groups in total. The molecule has 0 aliphatic heterocycles. The van der Waals surface area contributed by atoms with Crippen molar-refractivity contribution >= 4 is 17.5 Å². The van der Waals surface area contributed by atoms with Gasteiger partial charge in [0, 0.05) is 10.8 Å². The van der Waals surface area contributed by atoms with E-state index in [4.69, 9.17) is 0 Å². The first-order chi connectivity index (χ1) is 7.43. The summed E-state index contributed by atoms with van der Waals surface area (Å²) in [6.45, 7) is 4.85. The number of thioether (sulfide) groups is 1. The van der Waals surface area contributed by atoms with Crippen LogP contribution in [0.3, 0.4) is 0 Å². The summed E-state index contributed by atoms with van der Waals surface area (Å²) in [6.07, 6.45) is -0.551. The molecular formula is C12H15FO2S. The van der Waals surface area contributed by atoms with Gasteiger partial charge in [0.15, 0.2) is 5.78 Å². The Balaban J connectivity index is 3.06. The molecule has 0 saturated carbocycles. The van der Waals surface area contributed by atoms with Gasteiger partial charge in [-0.15, -0.1) is 11.8 Å². The number of Topliss-reactive ketones (excluding diaryl/α,β-unsaturated/α-hetero) is 1. The van der Waals surface area contributed by atoms with Crippen molar-refractivity contribution < 1.29 is 14.3 Å². The van der Waals surface area contributed by atoms with Gasteiger partial charge >= 0.3 is 0 Å². The predicted molar refractivity (Wildman–Crippen MR) is 63.4 cm³/mol. The zero-order valence-corrected chi connectivity index (χ0v) is 10.3. The predicted octanol–water partition coefficient (Wildman–Crippen LogP) is 2.89. The number of rotatable bonds is 4. The van der Waals surface area contributed by atoms with Crippen LogP contribution in [-0.4, -0.2) is 22.2 Å². The minimum Gasteiger partial charge on any atom is -0.392 e. The molecule has 88 valence electrons. The molecule has 2 nitrogen and oxygen atoms in total. The number of benzene rings is 1. The molecule has 0 aliphatic carbocycles. The fraction of sp³-hybridized carbons (Fsp3) is 0.417. The van der Waals surface area contributed by atoms with Gasteiger partial charge in [0.1, 0.15) is 5.82 Å². The van der Waals surface area contributed by atoms with Gasteiger partial charge in [0.25, 0.3) is 0 Å². The van der Waals surface area contributed by atoms with Crippen molar-refractivity contribution in [2.24, 2.45) is 0 Å². The molecule has 0 radical (unpaired) electrons. The van der Waals surface area contributed by atoms with Crippen molar-refractivity contribution in [2.45, 2.75) is 37.0 Å². The second kappa shape index (κ2) is 5.46. The molecule has 0 saturated heterocycles. The van der Waals surface area contributed by atoms with Crippen LogP contribution in [0.4, 0.5) is 4.39 Å². The summed E-state index contributed by atoms with van der Waals surface area (Å²) in [5, 5.41) is 9.22. The molecule has 4 heteroatoms. The van der Waals surface area contributed by atoms with Crippen LogP contribution in [0.25, 0.3) is 0 Å². The monoisotopic (exact) mass is 242 g/mol. The molecule has 1 aromatic rings. The highest BCUT2D eigenvalue weighted by atomic mass is 32.2. The summed E-state index contributed by atoms with van der Waals surface area (Å²) in [7, 11) is 0. The van der Waals surface area contributed by atoms with Crippen molar-refractivity contribution in [1.82, 2.24) is 0 Å². The van der Waals surface area contributed by atoms with E-state index < -0.39 is 11.9 Å². The van der Waals surface area contributed by atoms with Gasteiger partial charge in [-0.05, 0) is 19.9 Å². The highest BCUT2D eigenvalue weighted by Gasteiger charge is 2.18. The van der Waals surface area contributed by atoms with Gasteiger partial charge in [-0.2, -0.15) is 0 Å². The first-order valence-corrected chi connectivity index (χ1v) is 5.95. The van der Waals surface area contributed by atoms with Gasteiger partial charge in [0.2, 0.25) is 0 Å². The lowest BCUT2D eigenvalue weighted by molar-refractivity contribution is 0.101. The Kier molecular flexibility index (Phi) is 4.50. The lowest BCUT2D eigenvalue weighted by Gasteiger charge is -2.16. The number of aliphatic hydroxyl groups excluding tert-OH is 1. The van der Waals surface area contributed by atoms with Crippen LogP contribution in [0, 0.1) is 5.82 Å². The summed E-state index contributed by atoms with van der Waals surface area (Å²) in [4.78, 5) is 11.6. The molecule has 1 aromatic carbocycles. The summed E-state index contributed by atoms with van der Waals surface area (Å²) >= 11 is 1.19. The summed E-state index contributed by atoms with van der Waals surface area (Å²) < 4.78 is 13.6. The molecule has 16 heavy (non-hydrogen) atoms. The van der Waals surface area contributed by atoms with Gasteiger partial charge in [-0.1, -0.05) is 19.1 Å². The maximum Gasteiger partial charge on any atom is 0.161 e. The van der Waals surface area contributed by atoms with E-state index in [1.165, 1.54) is 30.8 Å². The van der Waals surface area contributed by atoms with Crippen LogP contribution in [0.1, 0.15) is 31.1 Å². The Morgan fingerprint density at radius 3 is 2.56 bits per heavy atom. The van der Waals surface area contributed by atoms with Crippen molar-refractivity contribution in [2.75, 3.05) is 0 Å². The van der Waals surface area contributed by atoms with Crippen molar-refractivity contribution in [1.29, 1.82) is 0 Å². The molecule has 0 amide bonds. The summed E-state index contributed by atoms with van der Waals surface area (Å²) in [5.74, 6) is -0.579. The van der Waals surface area contributed by atoms with E-state index in [0.717, 1.165) is 0 Å². The maximum atomic E-state index is 13.6. The molecule has 2 unspecified atom stereocenters. The second-order valence-corrected chi connectivity index (χ2v) is 5.12. The molecule has 0 aliphatic rings. The van der Waals surface area contributed by atoms with Crippen LogP contribution < -0.4 is 0 Å². The van der Waals surface area contributed by atoms with E-state index in [-0.39, 0.29) is 11.0 Å².